The summed E-state index contributed by atoms with van der Waals surface area (Å²) in [7, 11) is -2.06. The molecule has 1 aliphatic heterocycles. The van der Waals surface area contributed by atoms with Crippen LogP contribution in [0.1, 0.15) is 13.8 Å². The lowest BCUT2D eigenvalue weighted by molar-refractivity contribution is -0.120. The van der Waals surface area contributed by atoms with Crippen LogP contribution >= 0.6 is 0 Å². The van der Waals surface area contributed by atoms with Crippen molar-refractivity contribution in [2.24, 2.45) is 0 Å². The molecule has 0 saturated carbocycles. The van der Waals surface area contributed by atoms with Crippen LogP contribution in [0.5, 0.6) is 5.75 Å². The van der Waals surface area contributed by atoms with Gasteiger partial charge in [0.05, 0.1) is 11.4 Å². The number of hydrogen-bond acceptors (Lipinski definition) is 4. The van der Waals surface area contributed by atoms with Crippen molar-refractivity contribution in [3.05, 3.63) is 18.2 Å². The van der Waals surface area contributed by atoms with Gasteiger partial charge in [0.25, 0.3) is 16.1 Å². The van der Waals surface area contributed by atoms with Crippen molar-refractivity contribution in [1.29, 1.82) is 0 Å². The van der Waals surface area contributed by atoms with Crippen molar-refractivity contribution < 1.29 is 17.9 Å². The normalized spacial score (nSPS) is 15.0. The van der Waals surface area contributed by atoms with Gasteiger partial charge in [-0.1, -0.05) is 6.07 Å². The van der Waals surface area contributed by atoms with Crippen LogP contribution in [0.25, 0.3) is 0 Å². The topological polar surface area (TPSA) is 87.7 Å². The van der Waals surface area contributed by atoms with Gasteiger partial charge >= 0.3 is 0 Å². The number of benzene rings is 1. The number of hydrogen-bond donors (Lipinski definition) is 2. The molecule has 0 atom stereocenters. The Morgan fingerprint density at radius 2 is 2.05 bits per heavy atom. The Bertz CT molecular complexity index is 628. The fraction of sp³-hybridized carbons (Fsp3) is 0.417. The van der Waals surface area contributed by atoms with Gasteiger partial charge in [0.15, 0.2) is 12.4 Å². The Kier molecular flexibility index (Phi) is 3.87. The molecule has 0 aliphatic carbocycles. The molecule has 2 N–H and O–H groups in total. The van der Waals surface area contributed by atoms with Gasteiger partial charge in [0.1, 0.15) is 0 Å². The molecule has 0 aromatic heterocycles. The first-order chi connectivity index (χ1) is 9.30. The van der Waals surface area contributed by atoms with Crippen molar-refractivity contribution in [3.8, 4) is 5.75 Å². The highest BCUT2D eigenvalue weighted by Crippen LogP contribution is 2.38. The molecule has 0 saturated heterocycles. The van der Waals surface area contributed by atoms with Crippen LogP contribution < -0.4 is 19.1 Å². The number of ether oxygens (including phenoxy) is 1. The molecule has 7 nitrogen and oxygen atoms in total. The average Bonchev–Trinajstić information content (AvgIpc) is 2.32. The van der Waals surface area contributed by atoms with E-state index in [2.05, 4.69) is 9.44 Å². The van der Waals surface area contributed by atoms with E-state index in [0.717, 1.165) is 0 Å². The number of nitrogens with zero attached hydrogens (tertiary/aromatic N) is 1. The third-order valence-corrected chi connectivity index (χ3v) is 3.98. The Balaban J connectivity index is 2.33. The Morgan fingerprint density at radius 1 is 1.35 bits per heavy atom. The fourth-order valence-corrected chi connectivity index (χ4v) is 3.00. The van der Waals surface area contributed by atoms with Gasteiger partial charge < -0.3 is 9.64 Å². The van der Waals surface area contributed by atoms with E-state index < -0.39 is 10.2 Å². The minimum Gasteiger partial charge on any atom is -0.479 e. The summed E-state index contributed by atoms with van der Waals surface area (Å²) in [6.07, 6.45) is 0. The molecule has 1 heterocycles. The molecule has 0 spiro atoms. The molecule has 110 valence electrons. The number of likely N-dealkylation sites (N-methyl/N-ethyl adjacent to an activating group) is 1. The number of fused-ring (bicyclic) bond motifs is 1. The van der Waals surface area contributed by atoms with E-state index in [9.17, 15) is 13.2 Å². The second-order valence-electron chi connectivity index (χ2n) is 4.77. The molecule has 0 unspecified atom stereocenters. The number of nitrogens with one attached hydrogen (secondary N) is 2. The van der Waals surface area contributed by atoms with Crippen LogP contribution in [-0.4, -0.2) is 34.0 Å². The van der Waals surface area contributed by atoms with Gasteiger partial charge in [-0.3, -0.25) is 9.52 Å². The third-order valence-electron chi connectivity index (χ3n) is 2.70. The van der Waals surface area contributed by atoms with E-state index in [-0.39, 0.29) is 18.6 Å². The summed E-state index contributed by atoms with van der Waals surface area (Å²) in [5, 5.41) is 0. The van der Waals surface area contributed by atoms with Gasteiger partial charge in [-0.15, -0.1) is 0 Å². The van der Waals surface area contributed by atoms with Crippen molar-refractivity contribution >= 4 is 27.5 Å². The van der Waals surface area contributed by atoms with E-state index in [1.165, 1.54) is 4.90 Å². The lowest BCUT2D eigenvalue weighted by Gasteiger charge is -2.27. The first-order valence-corrected chi connectivity index (χ1v) is 7.61. The number of amides is 1. The van der Waals surface area contributed by atoms with Crippen LogP contribution in [0.3, 0.4) is 0 Å². The number of carbonyl (C=O) groups is 1. The number of rotatable bonds is 4. The SMILES string of the molecule is CC(C)NS(=O)(=O)Nc1cccc2c1OCC(=O)N2C. The quantitative estimate of drug-likeness (QED) is 0.856. The summed E-state index contributed by atoms with van der Waals surface area (Å²) in [5.41, 5.74) is 0.834. The van der Waals surface area contributed by atoms with E-state index in [4.69, 9.17) is 4.74 Å². The van der Waals surface area contributed by atoms with Crippen molar-refractivity contribution in [2.75, 3.05) is 23.3 Å². The average molecular weight is 299 g/mol. The lowest BCUT2D eigenvalue weighted by Crippen LogP contribution is -2.37. The minimum atomic E-state index is -3.68. The van der Waals surface area contributed by atoms with E-state index >= 15 is 0 Å². The van der Waals surface area contributed by atoms with Crippen molar-refractivity contribution in [1.82, 2.24) is 4.72 Å². The highest BCUT2D eigenvalue weighted by Gasteiger charge is 2.25. The monoisotopic (exact) mass is 299 g/mol. The molecule has 1 aromatic carbocycles. The van der Waals surface area contributed by atoms with Crippen LogP contribution in [0.2, 0.25) is 0 Å². The molecule has 0 radical (unpaired) electrons. The summed E-state index contributed by atoms with van der Waals surface area (Å²) in [4.78, 5) is 13.0. The van der Waals surface area contributed by atoms with Crippen LogP contribution in [0.4, 0.5) is 11.4 Å². The first-order valence-electron chi connectivity index (χ1n) is 6.12. The summed E-state index contributed by atoms with van der Waals surface area (Å²) >= 11 is 0. The number of carbonyl (C=O) groups excluding carboxylic acids is 1. The number of para-hydroxylation sites is 1. The maximum Gasteiger partial charge on any atom is 0.299 e. The number of anilines is 2. The zero-order chi connectivity index (χ0) is 14.9. The summed E-state index contributed by atoms with van der Waals surface area (Å²) < 4.78 is 33.9. The summed E-state index contributed by atoms with van der Waals surface area (Å²) in [6, 6.07) is 4.71. The first kappa shape index (κ1) is 14.6. The smallest absolute Gasteiger partial charge is 0.299 e. The van der Waals surface area contributed by atoms with Gasteiger partial charge in [0.2, 0.25) is 0 Å². The second kappa shape index (κ2) is 5.29. The van der Waals surface area contributed by atoms with Gasteiger partial charge in [-0.25, -0.2) is 0 Å². The molecule has 20 heavy (non-hydrogen) atoms. The molecule has 0 bridgehead atoms. The highest BCUT2D eigenvalue weighted by atomic mass is 32.2. The second-order valence-corrected chi connectivity index (χ2v) is 6.22. The van der Waals surface area contributed by atoms with Crippen molar-refractivity contribution in [3.63, 3.8) is 0 Å². The van der Waals surface area contributed by atoms with Gasteiger partial charge in [0, 0.05) is 13.1 Å². The summed E-state index contributed by atoms with van der Waals surface area (Å²) in [6.45, 7) is 3.34. The molecular weight excluding hydrogens is 282 g/mol. The Hall–Kier alpha value is -1.80. The van der Waals surface area contributed by atoms with Crippen LogP contribution in [-0.2, 0) is 15.0 Å². The molecule has 8 heteroatoms. The van der Waals surface area contributed by atoms with Crippen LogP contribution in [0, 0.1) is 0 Å². The van der Waals surface area contributed by atoms with Gasteiger partial charge in [-0.2, -0.15) is 13.1 Å². The molecule has 1 aromatic rings. The standard InChI is InChI=1S/C12H17N3O4S/c1-8(2)13-20(17,18)14-9-5-4-6-10-12(9)19-7-11(16)15(10)3/h4-6,8,13-14H,7H2,1-3H3. The predicted octanol–water partition coefficient (Wildman–Crippen LogP) is 0.696. The zero-order valence-electron chi connectivity index (χ0n) is 11.5. The predicted molar refractivity (Wildman–Crippen MR) is 76.2 cm³/mol. The molecule has 1 amide bonds. The van der Waals surface area contributed by atoms with Crippen LogP contribution in [0.15, 0.2) is 18.2 Å². The molecular formula is C12H17N3O4S. The van der Waals surface area contributed by atoms with Gasteiger partial charge in [-0.05, 0) is 26.0 Å². The Labute approximate surface area is 118 Å². The molecule has 1 aliphatic rings. The van der Waals surface area contributed by atoms with E-state index in [1.54, 1.807) is 39.1 Å². The van der Waals surface area contributed by atoms with E-state index in [0.29, 0.717) is 17.1 Å². The largest absolute Gasteiger partial charge is 0.479 e. The van der Waals surface area contributed by atoms with E-state index in [1.807, 2.05) is 0 Å². The molecule has 0 fully saturated rings. The zero-order valence-corrected chi connectivity index (χ0v) is 12.3. The maximum atomic E-state index is 11.9. The minimum absolute atomic E-state index is 0.111. The maximum absolute atomic E-state index is 11.9. The Morgan fingerprint density at radius 3 is 2.70 bits per heavy atom. The summed E-state index contributed by atoms with van der Waals surface area (Å²) in [5.74, 6) is 0.168. The van der Waals surface area contributed by atoms with Crippen molar-refractivity contribution in [2.45, 2.75) is 19.9 Å². The highest BCUT2D eigenvalue weighted by molar-refractivity contribution is 7.90. The fourth-order valence-electron chi connectivity index (χ4n) is 1.87. The third kappa shape index (κ3) is 3.02. The molecule has 2 rings (SSSR count). The lowest BCUT2D eigenvalue weighted by atomic mass is 10.2.